The average molecular weight is 177 g/mol. The zero-order valence-electron chi connectivity index (χ0n) is 7.88. The van der Waals surface area contributed by atoms with Gasteiger partial charge in [0, 0.05) is 18.3 Å². The molecular weight excluding hydrogens is 162 g/mol. The highest BCUT2D eigenvalue weighted by Crippen LogP contribution is 2.35. The van der Waals surface area contributed by atoms with Crippen molar-refractivity contribution in [3.05, 3.63) is 23.8 Å². The number of hydrogen-bond acceptors (Lipinski definition) is 2. The largest absolute Gasteiger partial charge is 0.508 e. The van der Waals surface area contributed by atoms with E-state index in [0.717, 1.165) is 12.2 Å². The van der Waals surface area contributed by atoms with E-state index in [4.69, 9.17) is 0 Å². The molecule has 0 amide bonds. The van der Waals surface area contributed by atoms with Gasteiger partial charge >= 0.3 is 0 Å². The smallest absolute Gasteiger partial charge is 0.117 e. The van der Waals surface area contributed by atoms with E-state index in [9.17, 15) is 5.11 Å². The van der Waals surface area contributed by atoms with E-state index in [2.05, 4.69) is 12.2 Å². The fraction of sp³-hybridized carbons (Fsp3) is 0.455. The van der Waals surface area contributed by atoms with Crippen LogP contribution in [0.1, 0.15) is 31.2 Å². The summed E-state index contributed by atoms with van der Waals surface area (Å²) in [6.07, 6.45) is 2.38. The van der Waals surface area contributed by atoms with E-state index in [-0.39, 0.29) is 0 Å². The van der Waals surface area contributed by atoms with Crippen molar-refractivity contribution in [3.63, 3.8) is 0 Å². The van der Waals surface area contributed by atoms with Crippen molar-refractivity contribution in [2.45, 2.75) is 25.7 Å². The normalized spacial score (nSPS) is 20.5. The fourth-order valence-electron chi connectivity index (χ4n) is 2.01. The molecule has 13 heavy (non-hydrogen) atoms. The molecule has 2 heteroatoms. The number of fused-ring (bicyclic) bond motifs is 1. The lowest BCUT2D eigenvalue weighted by Gasteiger charge is -2.25. The summed E-state index contributed by atoms with van der Waals surface area (Å²) in [5.74, 6) is 1.01. The second-order valence-corrected chi connectivity index (χ2v) is 3.59. The van der Waals surface area contributed by atoms with Crippen molar-refractivity contribution in [1.82, 2.24) is 0 Å². The van der Waals surface area contributed by atoms with Crippen molar-refractivity contribution in [3.8, 4) is 5.75 Å². The maximum atomic E-state index is 9.31. The van der Waals surface area contributed by atoms with Crippen LogP contribution in [0.3, 0.4) is 0 Å². The maximum absolute atomic E-state index is 9.31. The van der Waals surface area contributed by atoms with Gasteiger partial charge in [-0.05, 0) is 30.4 Å². The van der Waals surface area contributed by atoms with Crippen molar-refractivity contribution in [2.24, 2.45) is 0 Å². The topological polar surface area (TPSA) is 32.3 Å². The molecule has 0 saturated heterocycles. The molecule has 0 aliphatic carbocycles. The first-order chi connectivity index (χ1) is 6.31. The van der Waals surface area contributed by atoms with Gasteiger partial charge in [-0.25, -0.2) is 0 Å². The number of aromatic hydroxyl groups is 1. The average Bonchev–Trinajstić information content (AvgIpc) is 2.16. The third-order valence-corrected chi connectivity index (χ3v) is 2.78. The maximum Gasteiger partial charge on any atom is 0.117 e. The Labute approximate surface area is 78.6 Å². The molecule has 0 fully saturated rings. The molecule has 0 bridgehead atoms. The molecule has 1 atom stereocenters. The van der Waals surface area contributed by atoms with Gasteiger partial charge in [-0.3, -0.25) is 0 Å². The molecule has 1 aliphatic heterocycles. The van der Waals surface area contributed by atoms with Gasteiger partial charge in [-0.15, -0.1) is 0 Å². The van der Waals surface area contributed by atoms with Gasteiger partial charge < -0.3 is 10.4 Å². The Morgan fingerprint density at radius 2 is 2.38 bits per heavy atom. The molecule has 2 rings (SSSR count). The van der Waals surface area contributed by atoms with E-state index in [0.29, 0.717) is 11.7 Å². The van der Waals surface area contributed by atoms with Crippen molar-refractivity contribution >= 4 is 5.69 Å². The Morgan fingerprint density at radius 1 is 1.54 bits per heavy atom. The molecule has 2 nitrogen and oxygen atoms in total. The van der Waals surface area contributed by atoms with Crippen molar-refractivity contribution < 1.29 is 5.11 Å². The summed E-state index contributed by atoms with van der Waals surface area (Å²) in [4.78, 5) is 0. The Balaban J connectivity index is 2.40. The number of phenolic OH excluding ortho intramolecular Hbond substituents is 1. The highest BCUT2D eigenvalue weighted by molar-refractivity contribution is 5.57. The van der Waals surface area contributed by atoms with Gasteiger partial charge in [0.2, 0.25) is 0 Å². The van der Waals surface area contributed by atoms with E-state index in [1.54, 1.807) is 6.07 Å². The Hall–Kier alpha value is -1.18. The summed E-state index contributed by atoms with van der Waals surface area (Å²) in [7, 11) is 0. The van der Waals surface area contributed by atoms with Crippen LogP contribution in [0.5, 0.6) is 5.75 Å². The first kappa shape index (κ1) is 8.42. The fourth-order valence-corrected chi connectivity index (χ4v) is 2.01. The van der Waals surface area contributed by atoms with Gasteiger partial charge in [0.15, 0.2) is 0 Å². The lowest BCUT2D eigenvalue weighted by molar-refractivity contribution is 0.474. The lowest BCUT2D eigenvalue weighted by Crippen LogP contribution is -2.15. The van der Waals surface area contributed by atoms with Gasteiger partial charge in [-0.2, -0.15) is 0 Å². The second-order valence-electron chi connectivity index (χ2n) is 3.59. The zero-order chi connectivity index (χ0) is 9.26. The third kappa shape index (κ3) is 1.48. The molecule has 2 N–H and O–H groups in total. The highest BCUT2D eigenvalue weighted by Gasteiger charge is 2.17. The summed E-state index contributed by atoms with van der Waals surface area (Å²) in [6, 6.07) is 5.62. The first-order valence-electron chi connectivity index (χ1n) is 4.88. The van der Waals surface area contributed by atoms with Gasteiger partial charge in [0.1, 0.15) is 5.75 Å². The minimum atomic E-state index is 0.350. The Kier molecular flexibility index (Phi) is 2.13. The standard InChI is InChI=1S/C11H15NO/c1-2-8-5-6-12-11-7-9(13)3-4-10(8)11/h3-4,7-8,12-13H,2,5-6H2,1H3. The predicted molar refractivity (Wildman–Crippen MR) is 54.2 cm³/mol. The quantitative estimate of drug-likeness (QED) is 0.691. The summed E-state index contributed by atoms with van der Waals surface area (Å²) < 4.78 is 0. The molecule has 1 unspecified atom stereocenters. The van der Waals surface area contributed by atoms with Crippen LogP contribution < -0.4 is 5.32 Å². The van der Waals surface area contributed by atoms with Crippen LogP contribution in [-0.4, -0.2) is 11.7 Å². The van der Waals surface area contributed by atoms with Crippen molar-refractivity contribution in [2.75, 3.05) is 11.9 Å². The zero-order valence-corrected chi connectivity index (χ0v) is 7.88. The van der Waals surface area contributed by atoms with Crippen LogP contribution in [0.15, 0.2) is 18.2 Å². The number of rotatable bonds is 1. The Bertz CT molecular complexity index is 309. The minimum Gasteiger partial charge on any atom is -0.508 e. The van der Waals surface area contributed by atoms with Crippen molar-refractivity contribution in [1.29, 1.82) is 0 Å². The lowest BCUT2D eigenvalue weighted by atomic mass is 9.89. The molecule has 1 heterocycles. The molecule has 0 aromatic heterocycles. The van der Waals surface area contributed by atoms with E-state index >= 15 is 0 Å². The van der Waals surface area contributed by atoms with Gasteiger partial charge in [0.05, 0.1) is 0 Å². The summed E-state index contributed by atoms with van der Waals surface area (Å²) >= 11 is 0. The number of hydrogen-bond donors (Lipinski definition) is 2. The molecule has 0 radical (unpaired) electrons. The molecule has 0 spiro atoms. The molecule has 70 valence electrons. The van der Waals surface area contributed by atoms with Crippen LogP contribution in [0.4, 0.5) is 5.69 Å². The number of benzene rings is 1. The minimum absolute atomic E-state index is 0.350. The molecular formula is C11H15NO. The summed E-state index contributed by atoms with van der Waals surface area (Å²) in [6.45, 7) is 3.24. The molecule has 0 saturated carbocycles. The van der Waals surface area contributed by atoms with Gasteiger partial charge in [0.25, 0.3) is 0 Å². The van der Waals surface area contributed by atoms with E-state index in [1.807, 2.05) is 12.1 Å². The van der Waals surface area contributed by atoms with Crippen LogP contribution in [-0.2, 0) is 0 Å². The third-order valence-electron chi connectivity index (χ3n) is 2.78. The second kappa shape index (κ2) is 3.29. The Morgan fingerprint density at radius 3 is 3.15 bits per heavy atom. The predicted octanol–water partition coefficient (Wildman–Crippen LogP) is 2.70. The highest BCUT2D eigenvalue weighted by atomic mass is 16.3. The summed E-state index contributed by atoms with van der Waals surface area (Å²) in [5.41, 5.74) is 2.46. The van der Waals surface area contributed by atoms with Gasteiger partial charge in [-0.1, -0.05) is 13.0 Å². The SMILES string of the molecule is CCC1CCNc2cc(O)ccc21. The molecule has 1 aliphatic rings. The van der Waals surface area contributed by atoms with Crippen LogP contribution in [0.25, 0.3) is 0 Å². The monoisotopic (exact) mass is 177 g/mol. The van der Waals surface area contributed by atoms with Crippen LogP contribution in [0, 0.1) is 0 Å². The summed E-state index contributed by atoms with van der Waals surface area (Å²) in [5, 5.41) is 12.6. The van der Waals surface area contributed by atoms with E-state index < -0.39 is 0 Å². The number of anilines is 1. The first-order valence-corrected chi connectivity index (χ1v) is 4.88. The molecule has 1 aromatic carbocycles. The van der Waals surface area contributed by atoms with Crippen LogP contribution >= 0.6 is 0 Å². The van der Waals surface area contributed by atoms with Crippen LogP contribution in [0.2, 0.25) is 0 Å². The number of nitrogens with one attached hydrogen (secondary N) is 1. The van der Waals surface area contributed by atoms with E-state index in [1.165, 1.54) is 18.4 Å². The molecule has 1 aromatic rings. The number of phenols is 1.